The molecular weight excluding hydrogens is 216 g/mol. The van der Waals surface area contributed by atoms with Crippen LogP contribution in [0.1, 0.15) is 27.2 Å². The van der Waals surface area contributed by atoms with Crippen molar-refractivity contribution in [3.05, 3.63) is 18.3 Å². The van der Waals surface area contributed by atoms with E-state index < -0.39 is 0 Å². The first-order valence-electron chi connectivity index (χ1n) is 6.07. The Hall–Kier alpha value is -1.29. The quantitative estimate of drug-likeness (QED) is 0.765. The van der Waals surface area contributed by atoms with E-state index in [1.165, 1.54) is 0 Å². The van der Waals surface area contributed by atoms with Crippen LogP contribution < -0.4 is 10.1 Å². The molecule has 1 heterocycles. The van der Waals surface area contributed by atoms with E-state index in [1.54, 1.807) is 6.20 Å². The zero-order valence-corrected chi connectivity index (χ0v) is 10.9. The summed E-state index contributed by atoms with van der Waals surface area (Å²) >= 11 is 0. The molecule has 4 nitrogen and oxygen atoms in total. The maximum atomic E-state index is 9.35. The molecule has 0 spiro atoms. The monoisotopic (exact) mass is 238 g/mol. The molecule has 0 saturated carbocycles. The van der Waals surface area contributed by atoms with Crippen LogP contribution in [-0.4, -0.2) is 29.8 Å². The predicted molar refractivity (Wildman–Crippen MR) is 69.4 cm³/mol. The summed E-state index contributed by atoms with van der Waals surface area (Å²) in [6.07, 6.45) is 2.63. The Morgan fingerprint density at radius 1 is 1.47 bits per heavy atom. The van der Waals surface area contributed by atoms with Gasteiger partial charge in [0.2, 0.25) is 5.88 Å². The molecule has 0 aliphatic heterocycles. The smallest absolute Gasteiger partial charge is 0.237 e. The highest BCUT2D eigenvalue weighted by Gasteiger charge is 2.21. The van der Waals surface area contributed by atoms with Gasteiger partial charge in [0, 0.05) is 18.2 Å². The van der Waals surface area contributed by atoms with E-state index in [1.807, 2.05) is 19.1 Å². The van der Waals surface area contributed by atoms with Crippen molar-refractivity contribution in [1.29, 1.82) is 0 Å². The van der Waals surface area contributed by atoms with Crippen molar-refractivity contribution in [3.8, 4) is 5.88 Å². The minimum Gasteiger partial charge on any atom is -0.476 e. The molecule has 96 valence electrons. The molecule has 0 fully saturated rings. The summed E-state index contributed by atoms with van der Waals surface area (Å²) in [6.45, 7) is 7.52. The van der Waals surface area contributed by atoms with Crippen molar-refractivity contribution in [1.82, 2.24) is 4.98 Å². The number of nitrogens with one attached hydrogen (secondary N) is 1. The molecule has 2 N–H and O–H groups in total. The minimum absolute atomic E-state index is 0.112. The van der Waals surface area contributed by atoms with Crippen molar-refractivity contribution >= 4 is 5.69 Å². The van der Waals surface area contributed by atoms with Gasteiger partial charge in [-0.2, -0.15) is 0 Å². The Bertz CT molecular complexity index is 338. The van der Waals surface area contributed by atoms with E-state index >= 15 is 0 Å². The number of aliphatic hydroxyl groups excluding tert-OH is 1. The highest BCUT2D eigenvalue weighted by molar-refractivity contribution is 5.52. The van der Waals surface area contributed by atoms with Crippen LogP contribution in [0.3, 0.4) is 0 Å². The molecule has 4 heteroatoms. The summed E-state index contributed by atoms with van der Waals surface area (Å²) in [5.74, 6) is 0.617. The molecule has 1 rings (SSSR count). The van der Waals surface area contributed by atoms with E-state index in [9.17, 15) is 5.11 Å². The van der Waals surface area contributed by atoms with Gasteiger partial charge in [0.15, 0.2) is 0 Å². The average Bonchev–Trinajstić information content (AvgIpc) is 2.38. The Morgan fingerprint density at radius 2 is 2.24 bits per heavy atom. The third-order valence-corrected chi connectivity index (χ3v) is 2.99. The summed E-state index contributed by atoms with van der Waals surface area (Å²) in [7, 11) is 0. The Labute approximate surface area is 103 Å². The van der Waals surface area contributed by atoms with E-state index in [2.05, 4.69) is 24.1 Å². The minimum atomic E-state index is -0.112. The number of nitrogens with zero attached hydrogens (tertiary/aromatic N) is 1. The van der Waals surface area contributed by atoms with Gasteiger partial charge >= 0.3 is 0 Å². The van der Waals surface area contributed by atoms with E-state index in [4.69, 9.17) is 4.74 Å². The molecule has 0 amide bonds. The summed E-state index contributed by atoms with van der Waals surface area (Å²) in [5, 5.41) is 12.6. The van der Waals surface area contributed by atoms with Crippen LogP contribution in [0.25, 0.3) is 0 Å². The number of pyridine rings is 1. The molecule has 0 bridgehead atoms. The molecule has 1 unspecified atom stereocenters. The van der Waals surface area contributed by atoms with Crippen molar-refractivity contribution in [2.45, 2.75) is 27.2 Å². The third kappa shape index (κ3) is 3.89. The molecule has 0 aliphatic carbocycles. The molecule has 1 aromatic rings. The second-order valence-electron chi connectivity index (χ2n) is 4.47. The van der Waals surface area contributed by atoms with Gasteiger partial charge in [0.25, 0.3) is 0 Å². The number of anilines is 1. The summed E-state index contributed by atoms with van der Waals surface area (Å²) in [6, 6.07) is 3.80. The lowest BCUT2D eigenvalue weighted by atomic mass is 9.88. The number of aromatic nitrogens is 1. The van der Waals surface area contributed by atoms with Gasteiger partial charge in [0.05, 0.1) is 18.9 Å². The fraction of sp³-hybridized carbons (Fsp3) is 0.615. The molecule has 0 radical (unpaired) electrons. The highest BCUT2D eigenvalue weighted by Crippen LogP contribution is 2.25. The topological polar surface area (TPSA) is 54.4 Å². The first kappa shape index (κ1) is 13.8. The van der Waals surface area contributed by atoms with Gasteiger partial charge in [0.1, 0.15) is 0 Å². The molecule has 1 atom stereocenters. The molecule has 0 aliphatic rings. The number of rotatable bonds is 7. The van der Waals surface area contributed by atoms with Crippen LogP contribution in [0.2, 0.25) is 0 Å². The van der Waals surface area contributed by atoms with Gasteiger partial charge in [-0.1, -0.05) is 13.8 Å². The normalized spacial score (nSPS) is 14.1. The van der Waals surface area contributed by atoms with Crippen molar-refractivity contribution in [2.75, 3.05) is 25.1 Å². The maximum Gasteiger partial charge on any atom is 0.237 e. The Morgan fingerprint density at radius 3 is 2.82 bits per heavy atom. The number of ether oxygens (including phenoxy) is 1. The van der Waals surface area contributed by atoms with Crippen LogP contribution in [0, 0.1) is 5.41 Å². The van der Waals surface area contributed by atoms with Gasteiger partial charge in [-0.05, 0) is 25.5 Å². The number of hydrogen-bond donors (Lipinski definition) is 2. The van der Waals surface area contributed by atoms with Gasteiger partial charge in [-0.3, -0.25) is 0 Å². The Kier molecular flexibility index (Phi) is 5.22. The van der Waals surface area contributed by atoms with Gasteiger partial charge in [-0.15, -0.1) is 0 Å². The van der Waals surface area contributed by atoms with Gasteiger partial charge in [-0.25, -0.2) is 4.98 Å². The second kappa shape index (κ2) is 6.45. The first-order valence-corrected chi connectivity index (χ1v) is 6.07. The van der Waals surface area contributed by atoms with E-state index in [0.29, 0.717) is 19.0 Å². The van der Waals surface area contributed by atoms with Gasteiger partial charge < -0.3 is 15.2 Å². The van der Waals surface area contributed by atoms with Crippen LogP contribution in [-0.2, 0) is 0 Å². The van der Waals surface area contributed by atoms with Crippen LogP contribution >= 0.6 is 0 Å². The predicted octanol–water partition coefficient (Wildman–Crippen LogP) is 2.30. The van der Waals surface area contributed by atoms with Crippen molar-refractivity contribution < 1.29 is 9.84 Å². The third-order valence-electron chi connectivity index (χ3n) is 2.99. The molecule has 17 heavy (non-hydrogen) atoms. The summed E-state index contributed by atoms with van der Waals surface area (Å²) < 4.78 is 5.43. The maximum absolute atomic E-state index is 9.35. The SMILES string of the molecule is CCOc1ncccc1NCC(C)(CC)CO. The van der Waals surface area contributed by atoms with Crippen LogP contribution in [0.4, 0.5) is 5.69 Å². The first-order chi connectivity index (χ1) is 8.15. The molecular formula is C13H22N2O2. The molecule has 1 aromatic heterocycles. The highest BCUT2D eigenvalue weighted by atomic mass is 16.5. The Balaban J connectivity index is 2.68. The lowest BCUT2D eigenvalue weighted by Gasteiger charge is -2.26. The lowest BCUT2D eigenvalue weighted by Crippen LogP contribution is -2.29. The lowest BCUT2D eigenvalue weighted by molar-refractivity contribution is 0.149. The fourth-order valence-electron chi connectivity index (χ4n) is 1.38. The van der Waals surface area contributed by atoms with E-state index in [0.717, 1.165) is 12.1 Å². The standard InChI is InChI=1S/C13H22N2O2/c1-4-13(3,10-16)9-15-11-7-6-8-14-12(11)17-5-2/h6-8,15-16H,4-5,9-10H2,1-3H3. The van der Waals surface area contributed by atoms with Crippen LogP contribution in [0.5, 0.6) is 5.88 Å². The zero-order chi connectivity index (χ0) is 12.7. The second-order valence-corrected chi connectivity index (χ2v) is 4.47. The molecule has 0 saturated heterocycles. The number of aliphatic hydroxyl groups is 1. The van der Waals surface area contributed by atoms with Crippen molar-refractivity contribution in [3.63, 3.8) is 0 Å². The fourth-order valence-corrected chi connectivity index (χ4v) is 1.38. The zero-order valence-electron chi connectivity index (χ0n) is 10.9. The molecule has 0 aromatic carbocycles. The van der Waals surface area contributed by atoms with E-state index in [-0.39, 0.29) is 12.0 Å². The summed E-state index contributed by atoms with van der Waals surface area (Å²) in [4.78, 5) is 4.17. The summed E-state index contributed by atoms with van der Waals surface area (Å²) in [5.41, 5.74) is 0.766. The largest absolute Gasteiger partial charge is 0.476 e. The van der Waals surface area contributed by atoms with Crippen molar-refractivity contribution in [2.24, 2.45) is 5.41 Å². The number of hydrogen-bond acceptors (Lipinski definition) is 4. The van der Waals surface area contributed by atoms with Crippen LogP contribution in [0.15, 0.2) is 18.3 Å². The average molecular weight is 238 g/mol.